The van der Waals surface area contributed by atoms with Gasteiger partial charge in [0.15, 0.2) is 0 Å². The highest BCUT2D eigenvalue weighted by molar-refractivity contribution is 5.29. The Morgan fingerprint density at radius 1 is 1.46 bits per heavy atom. The number of nitrogens with one attached hydrogen (secondary N) is 1. The third kappa shape index (κ3) is 2.81. The number of halogens is 2. The Morgan fingerprint density at radius 3 is 2.69 bits per heavy atom. The van der Waals surface area contributed by atoms with E-state index in [2.05, 4.69) is 20.0 Å². The van der Waals surface area contributed by atoms with E-state index >= 15 is 0 Å². The number of anilines is 1. The third-order valence-electron chi connectivity index (χ3n) is 1.26. The van der Waals surface area contributed by atoms with E-state index in [1.165, 1.54) is 6.07 Å². The van der Waals surface area contributed by atoms with Gasteiger partial charge in [-0.1, -0.05) is 0 Å². The molecule has 1 aromatic heterocycles. The number of hydrogen-bond acceptors (Lipinski definition) is 4. The van der Waals surface area contributed by atoms with E-state index in [1.54, 1.807) is 14.0 Å². The van der Waals surface area contributed by atoms with Crippen molar-refractivity contribution in [3.8, 4) is 5.88 Å². The molecular weight excluding hydrogens is 180 g/mol. The van der Waals surface area contributed by atoms with Crippen molar-refractivity contribution in [2.45, 2.75) is 13.5 Å². The molecule has 1 aromatic rings. The zero-order chi connectivity index (χ0) is 9.84. The molecule has 0 radical (unpaired) electrons. The number of hydrogen-bond donors (Lipinski definition) is 1. The van der Waals surface area contributed by atoms with Gasteiger partial charge in [-0.25, -0.2) is 4.98 Å². The lowest BCUT2D eigenvalue weighted by Crippen LogP contribution is -2.06. The Morgan fingerprint density at radius 2 is 2.15 bits per heavy atom. The molecule has 0 saturated heterocycles. The summed E-state index contributed by atoms with van der Waals surface area (Å²) < 4.78 is 27.7. The summed E-state index contributed by atoms with van der Waals surface area (Å²) in [5.41, 5.74) is 0.565. The van der Waals surface area contributed by atoms with E-state index in [4.69, 9.17) is 0 Å². The molecule has 1 heterocycles. The van der Waals surface area contributed by atoms with E-state index in [0.717, 1.165) is 0 Å². The van der Waals surface area contributed by atoms with E-state index < -0.39 is 6.61 Å². The minimum absolute atomic E-state index is 0.133. The van der Waals surface area contributed by atoms with Gasteiger partial charge in [0.1, 0.15) is 0 Å². The van der Waals surface area contributed by atoms with Crippen LogP contribution in [-0.4, -0.2) is 23.6 Å². The van der Waals surface area contributed by atoms with Crippen molar-refractivity contribution in [2.75, 3.05) is 12.4 Å². The highest BCUT2D eigenvalue weighted by Crippen LogP contribution is 2.13. The summed E-state index contributed by atoms with van der Waals surface area (Å²) in [6.07, 6.45) is 0. The van der Waals surface area contributed by atoms with Gasteiger partial charge in [-0.3, -0.25) is 0 Å². The molecule has 0 aliphatic heterocycles. The fourth-order valence-corrected chi connectivity index (χ4v) is 0.803. The Hall–Kier alpha value is -1.46. The number of rotatable bonds is 3. The lowest BCUT2D eigenvalue weighted by Gasteiger charge is -2.05. The van der Waals surface area contributed by atoms with Gasteiger partial charge < -0.3 is 10.1 Å². The second kappa shape index (κ2) is 3.97. The van der Waals surface area contributed by atoms with E-state index in [1.807, 2.05) is 0 Å². The van der Waals surface area contributed by atoms with Crippen LogP contribution in [0.3, 0.4) is 0 Å². The first-order valence-electron chi connectivity index (χ1n) is 3.60. The summed E-state index contributed by atoms with van der Waals surface area (Å²) >= 11 is 0. The van der Waals surface area contributed by atoms with Crippen molar-refractivity contribution in [3.63, 3.8) is 0 Å². The second-order valence-electron chi connectivity index (χ2n) is 2.30. The van der Waals surface area contributed by atoms with Crippen LogP contribution in [0.1, 0.15) is 5.69 Å². The minimum Gasteiger partial charge on any atom is -0.417 e. The second-order valence-corrected chi connectivity index (χ2v) is 2.30. The molecule has 0 unspecified atom stereocenters. The van der Waals surface area contributed by atoms with Crippen molar-refractivity contribution in [1.82, 2.24) is 9.97 Å². The predicted molar refractivity (Wildman–Crippen MR) is 42.9 cm³/mol. The average molecular weight is 189 g/mol. The average Bonchev–Trinajstić information content (AvgIpc) is 2.01. The molecule has 0 atom stereocenters. The molecule has 0 aliphatic carbocycles. The molecule has 0 saturated carbocycles. The molecule has 0 aliphatic rings. The van der Waals surface area contributed by atoms with Crippen LogP contribution in [-0.2, 0) is 0 Å². The van der Waals surface area contributed by atoms with Gasteiger partial charge in [-0.05, 0) is 6.92 Å². The highest BCUT2D eigenvalue weighted by atomic mass is 19.3. The van der Waals surface area contributed by atoms with Crippen molar-refractivity contribution in [1.29, 1.82) is 0 Å². The minimum atomic E-state index is -2.86. The summed E-state index contributed by atoms with van der Waals surface area (Å²) in [6.45, 7) is -1.19. The Kier molecular flexibility index (Phi) is 2.94. The molecule has 13 heavy (non-hydrogen) atoms. The maximum Gasteiger partial charge on any atom is 0.388 e. The van der Waals surface area contributed by atoms with E-state index in [0.29, 0.717) is 5.69 Å². The summed E-state index contributed by atoms with van der Waals surface area (Å²) in [5, 5.41) is 2.63. The first-order valence-corrected chi connectivity index (χ1v) is 3.60. The fourth-order valence-electron chi connectivity index (χ4n) is 0.803. The maximum atomic E-state index is 11.8. The topological polar surface area (TPSA) is 47.0 Å². The Bertz CT molecular complexity index is 293. The van der Waals surface area contributed by atoms with Gasteiger partial charge in [-0.2, -0.15) is 13.8 Å². The first kappa shape index (κ1) is 9.63. The fraction of sp³-hybridized carbons (Fsp3) is 0.429. The molecule has 0 amide bonds. The van der Waals surface area contributed by atoms with Gasteiger partial charge in [0.25, 0.3) is 0 Å². The summed E-state index contributed by atoms with van der Waals surface area (Å²) in [5.74, 6) is 0.127. The van der Waals surface area contributed by atoms with Crippen molar-refractivity contribution in [2.24, 2.45) is 0 Å². The molecule has 0 spiro atoms. The molecule has 6 heteroatoms. The van der Waals surface area contributed by atoms with Crippen molar-refractivity contribution in [3.05, 3.63) is 11.8 Å². The van der Waals surface area contributed by atoms with Crippen LogP contribution in [0.5, 0.6) is 5.88 Å². The first-order chi connectivity index (χ1) is 6.11. The van der Waals surface area contributed by atoms with Crippen LogP contribution in [0.2, 0.25) is 0 Å². The Labute approximate surface area is 74.0 Å². The van der Waals surface area contributed by atoms with Gasteiger partial charge in [0.05, 0.1) is 0 Å². The van der Waals surface area contributed by atoms with Gasteiger partial charge in [0, 0.05) is 18.8 Å². The molecule has 72 valence electrons. The predicted octanol–water partition coefficient (Wildman–Crippen LogP) is 1.43. The summed E-state index contributed by atoms with van der Waals surface area (Å²) in [7, 11) is 1.60. The molecular formula is C7H9F2N3O. The standard InChI is InChI=1S/C7H9F2N3O/c1-4-3-5(13-6(8)9)12-7(10-2)11-4/h3,6H,1-2H3,(H,10,11,12). The normalized spacial score (nSPS) is 10.2. The SMILES string of the molecule is CNc1nc(C)cc(OC(F)F)n1. The zero-order valence-corrected chi connectivity index (χ0v) is 7.21. The van der Waals surface area contributed by atoms with Crippen molar-refractivity contribution >= 4 is 5.95 Å². The van der Waals surface area contributed by atoms with Crippen LogP contribution in [0, 0.1) is 6.92 Å². The van der Waals surface area contributed by atoms with E-state index in [-0.39, 0.29) is 11.8 Å². The molecule has 4 nitrogen and oxygen atoms in total. The largest absolute Gasteiger partial charge is 0.417 e. The van der Waals surface area contributed by atoms with Crippen LogP contribution < -0.4 is 10.1 Å². The lowest BCUT2D eigenvalue weighted by atomic mass is 10.4. The quantitative estimate of drug-likeness (QED) is 0.781. The molecule has 0 bridgehead atoms. The van der Waals surface area contributed by atoms with E-state index in [9.17, 15) is 8.78 Å². The highest BCUT2D eigenvalue weighted by Gasteiger charge is 2.07. The summed E-state index contributed by atoms with van der Waals surface area (Å²) in [4.78, 5) is 7.58. The number of aryl methyl sites for hydroxylation is 1. The molecule has 0 aromatic carbocycles. The lowest BCUT2D eigenvalue weighted by molar-refractivity contribution is -0.0528. The maximum absolute atomic E-state index is 11.8. The molecule has 1 rings (SSSR count). The monoisotopic (exact) mass is 189 g/mol. The number of ether oxygens (including phenoxy) is 1. The molecule has 1 N–H and O–H groups in total. The van der Waals surface area contributed by atoms with Crippen molar-refractivity contribution < 1.29 is 13.5 Å². The third-order valence-corrected chi connectivity index (χ3v) is 1.26. The van der Waals surface area contributed by atoms with Crippen LogP contribution >= 0.6 is 0 Å². The smallest absolute Gasteiger partial charge is 0.388 e. The van der Waals surface area contributed by atoms with Gasteiger partial charge in [-0.15, -0.1) is 0 Å². The summed E-state index contributed by atoms with van der Waals surface area (Å²) in [6, 6.07) is 1.34. The van der Waals surface area contributed by atoms with Crippen LogP contribution in [0.4, 0.5) is 14.7 Å². The van der Waals surface area contributed by atoms with Crippen LogP contribution in [0.15, 0.2) is 6.07 Å². The molecule has 0 fully saturated rings. The number of aromatic nitrogens is 2. The number of alkyl halides is 2. The van der Waals surface area contributed by atoms with Gasteiger partial charge >= 0.3 is 6.61 Å². The number of nitrogens with zero attached hydrogens (tertiary/aromatic N) is 2. The van der Waals surface area contributed by atoms with Crippen LogP contribution in [0.25, 0.3) is 0 Å². The Balaban J connectivity index is 2.88. The zero-order valence-electron chi connectivity index (χ0n) is 7.21. The van der Waals surface area contributed by atoms with Gasteiger partial charge in [0.2, 0.25) is 11.8 Å².